The Kier molecular flexibility index (Phi) is 5.90. The van der Waals surface area contributed by atoms with Gasteiger partial charge in [-0.05, 0) is 29.8 Å². The first-order valence-corrected chi connectivity index (χ1v) is 9.70. The van der Waals surface area contributed by atoms with Crippen molar-refractivity contribution in [2.45, 2.75) is 6.54 Å². The van der Waals surface area contributed by atoms with Crippen LogP contribution in [-0.2, 0) is 11.3 Å². The van der Waals surface area contributed by atoms with Crippen LogP contribution in [0.4, 0.5) is 0 Å². The number of ether oxygens (including phenoxy) is 2. The van der Waals surface area contributed by atoms with E-state index >= 15 is 0 Å². The van der Waals surface area contributed by atoms with Gasteiger partial charge in [0, 0.05) is 23.6 Å². The minimum absolute atomic E-state index is 0.0772. The Bertz CT molecular complexity index is 1160. The van der Waals surface area contributed by atoms with E-state index in [-0.39, 0.29) is 12.5 Å². The number of para-hydroxylation sites is 1. The molecule has 5 nitrogen and oxygen atoms in total. The summed E-state index contributed by atoms with van der Waals surface area (Å²) >= 11 is 0. The number of nitrogens with one attached hydrogen (secondary N) is 1. The topological polar surface area (TPSA) is 60.5 Å². The van der Waals surface area contributed by atoms with E-state index in [1.807, 2.05) is 84.9 Å². The summed E-state index contributed by atoms with van der Waals surface area (Å²) in [5.41, 5.74) is 3.59. The molecule has 3 aromatic carbocycles. The van der Waals surface area contributed by atoms with E-state index in [0.717, 1.165) is 33.5 Å². The summed E-state index contributed by atoms with van der Waals surface area (Å²) in [7, 11) is 1.62. The Morgan fingerprint density at radius 1 is 0.933 bits per heavy atom. The fourth-order valence-electron chi connectivity index (χ4n) is 3.20. The fourth-order valence-corrected chi connectivity index (χ4v) is 3.20. The molecule has 150 valence electrons. The van der Waals surface area contributed by atoms with Crippen molar-refractivity contribution in [1.82, 2.24) is 10.3 Å². The van der Waals surface area contributed by atoms with E-state index < -0.39 is 0 Å². The molecule has 0 atom stereocenters. The van der Waals surface area contributed by atoms with Crippen LogP contribution in [0.3, 0.4) is 0 Å². The highest BCUT2D eigenvalue weighted by Crippen LogP contribution is 2.29. The van der Waals surface area contributed by atoms with E-state index in [4.69, 9.17) is 14.5 Å². The molecule has 4 aromatic rings. The van der Waals surface area contributed by atoms with Crippen LogP contribution < -0.4 is 14.8 Å². The van der Waals surface area contributed by atoms with Gasteiger partial charge in [-0.3, -0.25) is 4.79 Å². The monoisotopic (exact) mass is 398 g/mol. The number of amides is 1. The minimum Gasteiger partial charge on any atom is -0.497 e. The van der Waals surface area contributed by atoms with Gasteiger partial charge < -0.3 is 14.8 Å². The zero-order valence-corrected chi connectivity index (χ0v) is 16.7. The summed E-state index contributed by atoms with van der Waals surface area (Å²) in [6, 6.07) is 27.1. The second-order valence-electron chi connectivity index (χ2n) is 6.81. The lowest BCUT2D eigenvalue weighted by atomic mass is 10.1. The van der Waals surface area contributed by atoms with E-state index in [9.17, 15) is 4.79 Å². The highest BCUT2D eigenvalue weighted by Gasteiger charge is 2.10. The van der Waals surface area contributed by atoms with E-state index in [2.05, 4.69) is 5.32 Å². The SMILES string of the molecule is COc1cccc(CNC(=O)COc2cc(-c3ccccc3)nc3ccccc23)c1. The molecule has 0 saturated carbocycles. The van der Waals surface area contributed by atoms with Gasteiger partial charge in [0.05, 0.1) is 18.3 Å². The first-order valence-electron chi connectivity index (χ1n) is 9.70. The van der Waals surface area contributed by atoms with Crippen molar-refractivity contribution in [3.05, 3.63) is 90.5 Å². The number of carbonyl (C=O) groups is 1. The minimum atomic E-state index is -0.194. The van der Waals surface area contributed by atoms with Crippen molar-refractivity contribution in [3.8, 4) is 22.8 Å². The lowest BCUT2D eigenvalue weighted by Crippen LogP contribution is -2.28. The molecule has 0 aliphatic rings. The Morgan fingerprint density at radius 3 is 2.57 bits per heavy atom. The van der Waals surface area contributed by atoms with Gasteiger partial charge in [-0.25, -0.2) is 4.98 Å². The maximum atomic E-state index is 12.4. The molecule has 5 heteroatoms. The number of aromatic nitrogens is 1. The van der Waals surface area contributed by atoms with Crippen LogP contribution in [0.15, 0.2) is 84.9 Å². The van der Waals surface area contributed by atoms with Gasteiger partial charge in [0.2, 0.25) is 0 Å². The van der Waals surface area contributed by atoms with Gasteiger partial charge in [-0.2, -0.15) is 0 Å². The number of pyridine rings is 1. The number of hydrogen-bond donors (Lipinski definition) is 1. The third-order valence-electron chi connectivity index (χ3n) is 4.73. The van der Waals surface area contributed by atoms with E-state index in [1.165, 1.54) is 0 Å². The number of carbonyl (C=O) groups excluding carboxylic acids is 1. The molecule has 1 heterocycles. The fraction of sp³-hybridized carbons (Fsp3) is 0.120. The first kappa shape index (κ1) is 19.5. The maximum absolute atomic E-state index is 12.4. The standard InChI is InChI=1S/C25H22N2O3/c1-29-20-11-7-8-18(14-20)16-26-25(28)17-30-24-15-23(19-9-3-2-4-10-19)27-22-13-6-5-12-21(22)24/h2-15H,16-17H2,1H3,(H,26,28). The predicted octanol–water partition coefficient (Wildman–Crippen LogP) is 4.61. The number of hydrogen-bond acceptors (Lipinski definition) is 4. The zero-order chi connectivity index (χ0) is 20.8. The zero-order valence-electron chi connectivity index (χ0n) is 16.7. The molecule has 0 unspecified atom stereocenters. The van der Waals surface area contributed by atoms with Gasteiger partial charge in [0.1, 0.15) is 11.5 Å². The Balaban J connectivity index is 1.48. The summed E-state index contributed by atoms with van der Waals surface area (Å²) in [6.45, 7) is 0.331. The number of methoxy groups -OCH3 is 1. The summed E-state index contributed by atoms with van der Waals surface area (Å²) in [5.74, 6) is 1.20. The van der Waals surface area contributed by atoms with Crippen LogP contribution in [0, 0.1) is 0 Å². The number of fused-ring (bicyclic) bond motifs is 1. The molecule has 1 N–H and O–H groups in total. The van der Waals surface area contributed by atoms with Crippen LogP contribution in [0.25, 0.3) is 22.2 Å². The quantitative estimate of drug-likeness (QED) is 0.494. The Hall–Kier alpha value is -3.86. The molecular weight excluding hydrogens is 376 g/mol. The molecule has 30 heavy (non-hydrogen) atoms. The van der Waals surface area contributed by atoms with Gasteiger partial charge in [-0.15, -0.1) is 0 Å². The van der Waals surface area contributed by atoms with E-state index in [1.54, 1.807) is 7.11 Å². The number of benzene rings is 3. The molecule has 1 aromatic heterocycles. The van der Waals surface area contributed by atoms with Gasteiger partial charge in [0.15, 0.2) is 6.61 Å². The van der Waals surface area contributed by atoms with Crippen molar-refractivity contribution in [3.63, 3.8) is 0 Å². The summed E-state index contributed by atoms with van der Waals surface area (Å²) in [5, 5.41) is 3.75. The van der Waals surface area contributed by atoms with Gasteiger partial charge >= 0.3 is 0 Å². The average molecular weight is 398 g/mol. The lowest BCUT2D eigenvalue weighted by molar-refractivity contribution is -0.123. The molecule has 0 fully saturated rings. The maximum Gasteiger partial charge on any atom is 0.258 e. The molecule has 0 bridgehead atoms. The van der Waals surface area contributed by atoms with Crippen LogP contribution in [0.2, 0.25) is 0 Å². The highest BCUT2D eigenvalue weighted by atomic mass is 16.5. The Morgan fingerprint density at radius 2 is 1.73 bits per heavy atom. The molecule has 1 amide bonds. The van der Waals surface area contributed by atoms with Gasteiger partial charge in [-0.1, -0.05) is 54.6 Å². The predicted molar refractivity (Wildman–Crippen MR) is 118 cm³/mol. The first-order chi connectivity index (χ1) is 14.7. The molecule has 4 rings (SSSR count). The summed E-state index contributed by atoms with van der Waals surface area (Å²) in [4.78, 5) is 17.1. The number of rotatable bonds is 7. The summed E-state index contributed by atoms with van der Waals surface area (Å²) in [6.07, 6.45) is 0. The van der Waals surface area contributed by atoms with Crippen LogP contribution in [-0.4, -0.2) is 24.6 Å². The van der Waals surface area contributed by atoms with Crippen molar-refractivity contribution in [1.29, 1.82) is 0 Å². The lowest BCUT2D eigenvalue weighted by Gasteiger charge is -2.12. The molecule has 0 aliphatic heterocycles. The third-order valence-corrected chi connectivity index (χ3v) is 4.73. The smallest absolute Gasteiger partial charge is 0.258 e. The molecular formula is C25H22N2O3. The normalized spacial score (nSPS) is 10.6. The van der Waals surface area contributed by atoms with Crippen LogP contribution >= 0.6 is 0 Å². The van der Waals surface area contributed by atoms with Crippen molar-refractivity contribution < 1.29 is 14.3 Å². The summed E-state index contributed by atoms with van der Waals surface area (Å²) < 4.78 is 11.1. The van der Waals surface area contributed by atoms with Crippen molar-refractivity contribution in [2.24, 2.45) is 0 Å². The van der Waals surface area contributed by atoms with Crippen molar-refractivity contribution >= 4 is 16.8 Å². The van der Waals surface area contributed by atoms with E-state index in [0.29, 0.717) is 12.3 Å². The molecule has 0 spiro atoms. The second kappa shape index (κ2) is 9.09. The third kappa shape index (κ3) is 4.58. The van der Waals surface area contributed by atoms with Crippen LogP contribution in [0.5, 0.6) is 11.5 Å². The van der Waals surface area contributed by atoms with Crippen molar-refractivity contribution in [2.75, 3.05) is 13.7 Å². The van der Waals surface area contributed by atoms with Crippen LogP contribution in [0.1, 0.15) is 5.56 Å². The molecule has 0 saturated heterocycles. The highest BCUT2D eigenvalue weighted by molar-refractivity contribution is 5.88. The molecule has 0 aliphatic carbocycles. The van der Waals surface area contributed by atoms with Gasteiger partial charge in [0.25, 0.3) is 5.91 Å². The largest absolute Gasteiger partial charge is 0.497 e. The number of nitrogens with zero attached hydrogens (tertiary/aromatic N) is 1. The molecule has 0 radical (unpaired) electrons. The second-order valence-corrected chi connectivity index (χ2v) is 6.81. The average Bonchev–Trinajstić information content (AvgIpc) is 2.81. The Labute approximate surface area is 175 Å².